The highest BCUT2D eigenvalue weighted by Gasteiger charge is 2.19. The van der Waals surface area contributed by atoms with E-state index in [9.17, 15) is 4.79 Å². The first-order chi connectivity index (χ1) is 9.20. The summed E-state index contributed by atoms with van der Waals surface area (Å²) in [6.45, 7) is 6.97. The Morgan fingerprint density at radius 1 is 1.53 bits per heavy atom. The minimum Gasteiger partial charge on any atom is -0.378 e. The van der Waals surface area contributed by atoms with Crippen molar-refractivity contribution in [2.75, 3.05) is 31.2 Å². The first-order valence-electron chi connectivity index (χ1n) is 6.81. The largest absolute Gasteiger partial charge is 0.378 e. The van der Waals surface area contributed by atoms with Gasteiger partial charge < -0.3 is 19.5 Å². The predicted octanol–water partition coefficient (Wildman–Crippen LogP) is 1.43. The van der Waals surface area contributed by atoms with Crippen molar-refractivity contribution in [2.24, 2.45) is 0 Å². The van der Waals surface area contributed by atoms with E-state index in [1.54, 1.807) is 6.07 Å². The molecule has 0 bridgehead atoms. The van der Waals surface area contributed by atoms with Gasteiger partial charge in [0.25, 0.3) is 5.91 Å². The molecule has 1 aromatic heterocycles. The van der Waals surface area contributed by atoms with Gasteiger partial charge in [-0.25, -0.2) is 0 Å². The first-order valence-corrected chi connectivity index (χ1v) is 6.81. The van der Waals surface area contributed by atoms with Crippen LogP contribution in [0.2, 0.25) is 0 Å². The highest BCUT2D eigenvalue weighted by molar-refractivity contribution is 5.93. The van der Waals surface area contributed by atoms with Crippen molar-refractivity contribution in [1.29, 1.82) is 0 Å². The van der Waals surface area contributed by atoms with Gasteiger partial charge in [-0.2, -0.15) is 0 Å². The number of carbonyl (C=O) groups excluding carboxylic acids is 1. The third-order valence-electron chi connectivity index (χ3n) is 3.15. The van der Waals surface area contributed by atoms with Gasteiger partial charge in [-0.3, -0.25) is 4.79 Å². The number of morpholine rings is 1. The molecule has 6 heteroatoms. The average molecular weight is 267 g/mol. The van der Waals surface area contributed by atoms with E-state index < -0.39 is 0 Å². The fraction of sp³-hybridized carbons (Fsp3) is 0.692. The van der Waals surface area contributed by atoms with Gasteiger partial charge in [0.05, 0.1) is 13.2 Å². The zero-order chi connectivity index (χ0) is 13.7. The standard InChI is InChI=1S/C13H21N3O3/c1-3-4-10(2)14-13(17)11-9-12(19-15-11)16-5-7-18-8-6-16/h9-10H,3-8H2,1-2H3,(H,14,17)/t10-/m0/s1. The van der Waals surface area contributed by atoms with Crippen molar-refractivity contribution in [1.82, 2.24) is 10.5 Å². The van der Waals surface area contributed by atoms with E-state index in [0.717, 1.165) is 25.9 Å². The highest BCUT2D eigenvalue weighted by Crippen LogP contribution is 2.17. The van der Waals surface area contributed by atoms with Crippen LogP contribution in [0, 0.1) is 0 Å². The molecule has 0 unspecified atom stereocenters. The van der Waals surface area contributed by atoms with Crippen LogP contribution in [-0.4, -0.2) is 43.4 Å². The number of rotatable bonds is 5. The summed E-state index contributed by atoms with van der Waals surface area (Å²) >= 11 is 0. The second-order valence-electron chi connectivity index (χ2n) is 4.81. The zero-order valence-electron chi connectivity index (χ0n) is 11.5. The molecule has 1 fully saturated rings. The number of nitrogens with zero attached hydrogens (tertiary/aromatic N) is 2. The van der Waals surface area contributed by atoms with E-state index in [1.807, 2.05) is 11.8 Å². The fourth-order valence-electron chi connectivity index (χ4n) is 2.11. The van der Waals surface area contributed by atoms with Crippen LogP contribution in [0.4, 0.5) is 5.88 Å². The van der Waals surface area contributed by atoms with Gasteiger partial charge in [0.1, 0.15) is 0 Å². The molecule has 19 heavy (non-hydrogen) atoms. The van der Waals surface area contributed by atoms with Gasteiger partial charge in [0, 0.05) is 25.2 Å². The van der Waals surface area contributed by atoms with Crippen LogP contribution in [0.15, 0.2) is 10.6 Å². The number of nitrogens with one attached hydrogen (secondary N) is 1. The summed E-state index contributed by atoms with van der Waals surface area (Å²) in [5.41, 5.74) is 0.337. The van der Waals surface area contributed by atoms with Crippen molar-refractivity contribution in [2.45, 2.75) is 32.7 Å². The van der Waals surface area contributed by atoms with E-state index in [-0.39, 0.29) is 11.9 Å². The molecule has 0 spiro atoms. The Bertz CT molecular complexity index is 413. The van der Waals surface area contributed by atoms with Crippen LogP contribution in [-0.2, 0) is 4.74 Å². The summed E-state index contributed by atoms with van der Waals surface area (Å²) in [4.78, 5) is 14.0. The molecule has 1 aliphatic heterocycles. The third kappa shape index (κ3) is 3.70. The third-order valence-corrected chi connectivity index (χ3v) is 3.15. The van der Waals surface area contributed by atoms with Crippen molar-refractivity contribution in [3.63, 3.8) is 0 Å². The lowest BCUT2D eigenvalue weighted by molar-refractivity contribution is 0.0929. The van der Waals surface area contributed by atoms with Gasteiger partial charge in [0.15, 0.2) is 5.69 Å². The smallest absolute Gasteiger partial charge is 0.273 e. The summed E-state index contributed by atoms with van der Waals surface area (Å²) in [5.74, 6) is 0.459. The number of ether oxygens (including phenoxy) is 1. The normalized spacial score (nSPS) is 17.3. The number of amides is 1. The molecule has 106 valence electrons. The fourth-order valence-corrected chi connectivity index (χ4v) is 2.11. The molecule has 1 aromatic rings. The predicted molar refractivity (Wildman–Crippen MR) is 71.4 cm³/mol. The monoisotopic (exact) mass is 267 g/mol. The second kappa shape index (κ2) is 6.56. The van der Waals surface area contributed by atoms with Crippen LogP contribution in [0.3, 0.4) is 0 Å². The van der Waals surface area contributed by atoms with E-state index in [4.69, 9.17) is 9.26 Å². The molecular formula is C13H21N3O3. The van der Waals surface area contributed by atoms with Crippen molar-refractivity contribution >= 4 is 11.8 Å². The summed E-state index contributed by atoms with van der Waals surface area (Å²) in [6, 6.07) is 1.85. The van der Waals surface area contributed by atoms with Gasteiger partial charge in [-0.15, -0.1) is 0 Å². The molecular weight excluding hydrogens is 246 g/mol. The molecule has 1 saturated heterocycles. The van der Waals surface area contributed by atoms with Crippen LogP contribution < -0.4 is 10.2 Å². The van der Waals surface area contributed by atoms with Gasteiger partial charge in [-0.1, -0.05) is 18.5 Å². The Balaban J connectivity index is 1.94. The van der Waals surface area contributed by atoms with E-state index >= 15 is 0 Å². The lowest BCUT2D eigenvalue weighted by Crippen LogP contribution is -2.36. The molecule has 1 N–H and O–H groups in total. The Hall–Kier alpha value is -1.56. The van der Waals surface area contributed by atoms with Crippen molar-refractivity contribution in [3.05, 3.63) is 11.8 Å². The molecule has 1 aliphatic rings. The molecule has 2 rings (SSSR count). The molecule has 0 radical (unpaired) electrons. The van der Waals surface area contributed by atoms with Crippen molar-refractivity contribution in [3.8, 4) is 0 Å². The van der Waals surface area contributed by atoms with Crippen LogP contribution >= 0.6 is 0 Å². The number of aromatic nitrogens is 1. The maximum atomic E-state index is 11.9. The Labute approximate surface area is 113 Å². The van der Waals surface area contributed by atoms with Gasteiger partial charge >= 0.3 is 0 Å². The number of hydrogen-bond donors (Lipinski definition) is 1. The minimum absolute atomic E-state index is 0.154. The van der Waals surface area contributed by atoms with Gasteiger partial charge in [0.2, 0.25) is 5.88 Å². The van der Waals surface area contributed by atoms with E-state index in [1.165, 1.54) is 0 Å². The SMILES string of the molecule is CCC[C@H](C)NC(=O)c1cc(N2CCOCC2)on1. The Morgan fingerprint density at radius 3 is 2.95 bits per heavy atom. The lowest BCUT2D eigenvalue weighted by atomic mass is 10.2. The summed E-state index contributed by atoms with van der Waals surface area (Å²) in [5, 5.41) is 6.74. The van der Waals surface area contributed by atoms with Gasteiger partial charge in [-0.05, 0) is 13.3 Å². The first kappa shape index (κ1) is 13.9. The summed E-state index contributed by atoms with van der Waals surface area (Å²) < 4.78 is 10.5. The Morgan fingerprint density at radius 2 is 2.26 bits per heavy atom. The second-order valence-corrected chi connectivity index (χ2v) is 4.81. The van der Waals surface area contributed by atoms with Crippen molar-refractivity contribution < 1.29 is 14.1 Å². The van der Waals surface area contributed by atoms with Crippen LogP contribution in [0.25, 0.3) is 0 Å². The zero-order valence-corrected chi connectivity index (χ0v) is 11.5. The number of anilines is 1. The minimum atomic E-state index is -0.177. The topological polar surface area (TPSA) is 67.6 Å². The molecule has 1 amide bonds. The maximum Gasteiger partial charge on any atom is 0.273 e. The molecule has 0 saturated carbocycles. The molecule has 2 heterocycles. The molecule has 0 aliphatic carbocycles. The Kier molecular flexibility index (Phi) is 4.79. The molecule has 0 aromatic carbocycles. The van der Waals surface area contributed by atoms with E-state index in [2.05, 4.69) is 17.4 Å². The molecule has 1 atom stereocenters. The number of carbonyl (C=O) groups is 1. The maximum absolute atomic E-state index is 11.9. The quantitative estimate of drug-likeness (QED) is 0.874. The molecule has 6 nitrogen and oxygen atoms in total. The van der Waals surface area contributed by atoms with Crippen LogP contribution in [0.1, 0.15) is 37.2 Å². The highest BCUT2D eigenvalue weighted by atomic mass is 16.5. The van der Waals surface area contributed by atoms with Crippen LogP contribution in [0.5, 0.6) is 0 Å². The summed E-state index contributed by atoms with van der Waals surface area (Å²) in [6.07, 6.45) is 2.00. The average Bonchev–Trinajstić information content (AvgIpc) is 2.89. The lowest BCUT2D eigenvalue weighted by Gasteiger charge is -2.25. The summed E-state index contributed by atoms with van der Waals surface area (Å²) in [7, 11) is 0. The van der Waals surface area contributed by atoms with E-state index in [0.29, 0.717) is 24.8 Å². The number of hydrogen-bond acceptors (Lipinski definition) is 5.